The van der Waals surface area contributed by atoms with Crippen molar-refractivity contribution in [2.24, 2.45) is 0 Å². The van der Waals surface area contributed by atoms with Gasteiger partial charge in [-0.1, -0.05) is 9.94 Å². The average Bonchev–Trinajstić information content (AvgIpc) is 2.50. The van der Waals surface area contributed by atoms with Crippen molar-refractivity contribution >= 4 is 5.91 Å². The molecule has 0 aliphatic carbocycles. The van der Waals surface area contributed by atoms with Gasteiger partial charge in [0.1, 0.15) is 7.11 Å². The van der Waals surface area contributed by atoms with E-state index in [0.29, 0.717) is 0 Å². The van der Waals surface area contributed by atoms with Crippen molar-refractivity contribution in [3.63, 3.8) is 0 Å². The first-order valence-electron chi connectivity index (χ1n) is 2.84. The number of tetrazole rings is 1. The van der Waals surface area contributed by atoms with E-state index in [1.54, 1.807) is 0 Å². The summed E-state index contributed by atoms with van der Waals surface area (Å²) in [6.07, 6.45) is 0. The molecular weight excluding hydrogens is 150 g/mol. The molecule has 1 heterocycles. The standard InChI is InChI=1S/C4H7N5O2/c1-5-4(10)3-6-7-8-9(3)11-2/h1-2H3,(H,5,10). The van der Waals surface area contributed by atoms with Gasteiger partial charge in [0.25, 0.3) is 11.7 Å². The zero-order chi connectivity index (χ0) is 8.27. The minimum Gasteiger partial charge on any atom is -0.397 e. The minimum absolute atomic E-state index is 0.0231. The molecule has 0 unspecified atom stereocenters. The van der Waals surface area contributed by atoms with Crippen LogP contribution in [0, 0.1) is 0 Å². The van der Waals surface area contributed by atoms with E-state index in [-0.39, 0.29) is 5.82 Å². The number of nitrogens with one attached hydrogen (secondary N) is 1. The Kier molecular flexibility index (Phi) is 2.00. The monoisotopic (exact) mass is 157 g/mol. The van der Waals surface area contributed by atoms with Crippen LogP contribution < -0.4 is 10.2 Å². The van der Waals surface area contributed by atoms with Crippen LogP contribution in [0.25, 0.3) is 0 Å². The molecule has 1 aromatic heterocycles. The van der Waals surface area contributed by atoms with E-state index in [1.165, 1.54) is 14.2 Å². The SMILES string of the molecule is CNC(=O)c1nnnn1OC. The Morgan fingerprint density at radius 2 is 2.45 bits per heavy atom. The Balaban J connectivity index is 2.92. The largest absolute Gasteiger partial charge is 0.397 e. The molecule has 1 rings (SSSR count). The highest BCUT2D eigenvalue weighted by Crippen LogP contribution is 1.86. The molecule has 0 atom stereocenters. The predicted molar refractivity (Wildman–Crippen MR) is 33.7 cm³/mol. The van der Waals surface area contributed by atoms with Crippen LogP contribution in [0.5, 0.6) is 0 Å². The Morgan fingerprint density at radius 1 is 1.73 bits per heavy atom. The summed E-state index contributed by atoms with van der Waals surface area (Å²) in [7, 11) is 2.85. The van der Waals surface area contributed by atoms with E-state index in [1.807, 2.05) is 0 Å². The first kappa shape index (κ1) is 7.45. The highest BCUT2D eigenvalue weighted by atomic mass is 16.7. The molecule has 0 aliphatic rings. The average molecular weight is 157 g/mol. The summed E-state index contributed by atoms with van der Waals surface area (Å²) in [5.41, 5.74) is 0. The summed E-state index contributed by atoms with van der Waals surface area (Å²) >= 11 is 0. The molecule has 0 aliphatic heterocycles. The molecule has 1 amide bonds. The lowest BCUT2D eigenvalue weighted by Crippen LogP contribution is -2.25. The molecule has 7 heteroatoms. The zero-order valence-electron chi connectivity index (χ0n) is 6.11. The maximum Gasteiger partial charge on any atom is 0.294 e. The Hall–Kier alpha value is -1.66. The van der Waals surface area contributed by atoms with Crippen LogP contribution in [0.15, 0.2) is 0 Å². The van der Waals surface area contributed by atoms with Gasteiger partial charge < -0.3 is 10.2 Å². The van der Waals surface area contributed by atoms with Gasteiger partial charge in [-0.25, -0.2) is 0 Å². The molecule has 0 spiro atoms. The van der Waals surface area contributed by atoms with E-state index in [4.69, 9.17) is 0 Å². The van der Waals surface area contributed by atoms with Crippen LogP contribution >= 0.6 is 0 Å². The molecule has 1 N–H and O–H groups in total. The predicted octanol–water partition coefficient (Wildman–Crippen LogP) is -1.91. The smallest absolute Gasteiger partial charge is 0.294 e. The van der Waals surface area contributed by atoms with Crippen molar-refractivity contribution in [2.75, 3.05) is 14.2 Å². The quantitative estimate of drug-likeness (QED) is 0.541. The van der Waals surface area contributed by atoms with E-state index in [2.05, 4.69) is 25.7 Å². The second kappa shape index (κ2) is 2.95. The third kappa shape index (κ3) is 1.26. The molecule has 0 radical (unpaired) electrons. The van der Waals surface area contributed by atoms with Crippen LogP contribution in [-0.2, 0) is 0 Å². The van der Waals surface area contributed by atoms with Gasteiger partial charge in [0.15, 0.2) is 0 Å². The van der Waals surface area contributed by atoms with Gasteiger partial charge in [-0.3, -0.25) is 4.79 Å². The number of aromatic nitrogens is 4. The van der Waals surface area contributed by atoms with Crippen LogP contribution in [0.2, 0.25) is 0 Å². The van der Waals surface area contributed by atoms with Crippen LogP contribution in [0.4, 0.5) is 0 Å². The number of carbonyl (C=O) groups is 1. The van der Waals surface area contributed by atoms with Crippen molar-refractivity contribution in [3.8, 4) is 0 Å². The maximum absolute atomic E-state index is 10.9. The van der Waals surface area contributed by atoms with Gasteiger partial charge in [-0.15, -0.1) is 0 Å². The number of carbonyl (C=O) groups excluding carboxylic acids is 1. The number of hydrogen-bond acceptors (Lipinski definition) is 5. The lowest BCUT2D eigenvalue weighted by Gasteiger charge is -1.98. The van der Waals surface area contributed by atoms with Gasteiger partial charge in [0, 0.05) is 7.05 Å². The molecule has 1 aromatic rings. The minimum atomic E-state index is -0.392. The molecule has 0 aromatic carbocycles. The van der Waals surface area contributed by atoms with E-state index < -0.39 is 5.91 Å². The lowest BCUT2D eigenvalue weighted by atomic mass is 10.6. The first-order chi connectivity index (χ1) is 5.29. The second-order valence-corrected chi connectivity index (χ2v) is 1.64. The van der Waals surface area contributed by atoms with Crippen molar-refractivity contribution in [1.82, 2.24) is 25.7 Å². The van der Waals surface area contributed by atoms with Crippen LogP contribution in [-0.4, -0.2) is 40.4 Å². The van der Waals surface area contributed by atoms with Gasteiger partial charge in [0.2, 0.25) is 0 Å². The number of amides is 1. The summed E-state index contributed by atoms with van der Waals surface area (Å²) in [5, 5.41) is 12.4. The zero-order valence-corrected chi connectivity index (χ0v) is 6.11. The van der Waals surface area contributed by atoms with Crippen LogP contribution in [0.1, 0.15) is 10.6 Å². The van der Waals surface area contributed by atoms with Crippen molar-refractivity contribution in [3.05, 3.63) is 5.82 Å². The van der Waals surface area contributed by atoms with Crippen molar-refractivity contribution in [1.29, 1.82) is 0 Å². The molecule has 7 nitrogen and oxygen atoms in total. The summed E-state index contributed by atoms with van der Waals surface area (Å²) in [5.74, 6) is -0.369. The molecule has 0 fully saturated rings. The van der Waals surface area contributed by atoms with E-state index in [0.717, 1.165) is 4.85 Å². The Labute approximate surface area is 62.3 Å². The summed E-state index contributed by atoms with van der Waals surface area (Å²) in [6.45, 7) is 0. The van der Waals surface area contributed by atoms with E-state index in [9.17, 15) is 4.79 Å². The fourth-order valence-corrected chi connectivity index (χ4v) is 0.546. The Morgan fingerprint density at radius 3 is 3.00 bits per heavy atom. The molecular formula is C4H7N5O2. The van der Waals surface area contributed by atoms with Gasteiger partial charge >= 0.3 is 0 Å². The fourth-order valence-electron chi connectivity index (χ4n) is 0.546. The highest BCUT2D eigenvalue weighted by molar-refractivity contribution is 5.89. The topological polar surface area (TPSA) is 81.9 Å². The number of rotatable bonds is 2. The third-order valence-corrected chi connectivity index (χ3v) is 1.04. The summed E-state index contributed by atoms with van der Waals surface area (Å²) in [6, 6.07) is 0. The summed E-state index contributed by atoms with van der Waals surface area (Å²) < 4.78 is 0. The molecule has 0 saturated carbocycles. The van der Waals surface area contributed by atoms with Gasteiger partial charge in [-0.05, 0) is 10.4 Å². The van der Waals surface area contributed by atoms with Crippen molar-refractivity contribution in [2.45, 2.75) is 0 Å². The first-order valence-corrected chi connectivity index (χ1v) is 2.84. The number of nitrogens with zero attached hydrogens (tertiary/aromatic N) is 4. The molecule has 0 saturated heterocycles. The fraction of sp³-hybridized carbons (Fsp3) is 0.500. The Bertz CT molecular complexity index is 257. The summed E-state index contributed by atoms with van der Waals surface area (Å²) in [4.78, 5) is 16.5. The van der Waals surface area contributed by atoms with Gasteiger partial charge in [0.05, 0.1) is 0 Å². The normalized spacial score (nSPS) is 9.27. The molecule has 0 bridgehead atoms. The molecule has 11 heavy (non-hydrogen) atoms. The lowest BCUT2D eigenvalue weighted by molar-refractivity contribution is 0.0850. The van der Waals surface area contributed by atoms with Crippen LogP contribution in [0.3, 0.4) is 0 Å². The van der Waals surface area contributed by atoms with Crippen molar-refractivity contribution < 1.29 is 9.63 Å². The molecule has 60 valence electrons. The second-order valence-electron chi connectivity index (χ2n) is 1.64. The maximum atomic E-state index is 10.9. The highest BCUT2D eigenvalue weighted by Gasteiger charge is 2.13. The third-order valence-electron chi connectivity index (χ3n) is 1.04. The van der Waals surface area contributed by atoms with E-state index >= 15 is 0 Å². The number of hydrogen-bond donors (Lipinski definition) is 1. The van der Waals surface area contributed by atoms with Gasteiger partial charge in [-0.2, -0.15) is 0 Å².